The Morgan fingerprint density at radius 3 is 2.30 bits per heavy atom. The van der Waals surface area contributed by atoms with Crippen molar-refractivity contribution in [3.63, 3.8) is 0 Å². The lowest BCUT2D eigenvalue weighted by Crippen LogP contribution is -2.38. The maximum Gasteiger partial charge on any atom is 0.190 e. The zero-order chi connectivity index (χ0) is 17.6. The predicted octanol–water partition coefficient (Wildman–Crippen LogP) is 3.66. The molecule has 3 unspecified atom stereocenters. The third-order valence-corrected chi connectivity index (χ3v) is 4.65. The van der Waals surface area contributed by atoms with Gasteiger partial charge in [0.2, 0.25) is 0 Å². The summed E-state index contributed by atoms with van der Waals surface area (Å²) in [6.45, 7) is 14.2. The summed E-state index contributed by atoms with van der Waals surface area (Å²) in [5, 5.41) is 15.0. The van der Waals surface area contributed by atoms with Crippen LogP contribution in [0.25, 0.3) is 0 Å². The van der Waals surface area contributed by atoms with Crippen molar-refractivity contribution in [2.75, 3.05) is 0 Å². The lowest BCUT2D eigenvalue weighted by Gasteiger charge is -2.40. The van der Waals surface area contributed by atoms with Gasteiger partial charge in [-0.15, -0.1) is 0 Å². The number of Topliss-reactive ketones (excluding diaryl/α,β-unsaturated/α-hetero) is 1. The highest BCUT2D eigenvalue weighted by Gasteiger charge is 2.39. The Bertz CT molecular complexity index is 585. The van der Waals surface area contributed by atoms with Crippen LogP contribution in [0.5, 0.6) is 0 Å². The first-order chi connectivity index (χ1) is 10.4. The van der Waals surface area contributed by atoms with E-state index in [-0.39, 0.29) is 22.5 Å². The number of carbonyl (C=O) groups excluding carboxylic acids is 1. The summed E-state index contributed by atoms with van der Waals surface area (Å²) in [6, 6.07) is 0. The van der Waals surface area contributed by atoms with E-state index >= 15 is 0 Å². The van der Waals surface area contributed by atoms with Gasteiger partial charge < -0.3 is 9.94 Å². The van der Waals surface area contributed by atoms with Crippen molar-refractivity contribution < 1.29 is 14.7 Å². The second kappa shape index (κ2) is 5.90. The highest BCUT2D eigenvalue weighted by atomic mass is 16.6. The van der Waals surface area contributed by atoms with Crippen LogP contribution in [-0.2, 0) is 9.63 Å². The lowest BCUT2D eigenvalue weighted by molar-refractivity contribution is -0.126. The quantitative estimate of drug-likeness (QED) is 0.845. The number of aliphatic hydroxyl groups is 1. The lowest BCUT2D eigenvalue weighted by atomic mass is 9.67. The van der Waals surface area contributed by atoms with Gasteiger partial charge in [-0.25, -0.2) is 0 Å². The Balaban J connectivity index is 2.41. The van der Waals surface area contributed by atoms with Crippen LogP contribution in [-0.4, -0.2) is 28.8 Å². The summed E-state index contributed by atoms with van der Waals surface area (Å²) in [6.07, 6.45) is 3.63. The molecule has 0 bridgehead atoms. The molecule has 128 valence electrons. The number of nitrogens with zero attached hydrogens (tertiary/aromatic N) is 1. The van der Waals surface area contributed by atoms with Crippen LogP contribution < -0.4 is 0 Å². The number of allylic oxidation sites excluding steroid dienone is 2. The first-order valence-corrected chi connectivity index (χ1v) is 8.26. The fraction of sp³-hybridized carbons (Fsp3) is 0.684. The van der Waals surface area contributed by atoms with Crippen LogP contribution in [0.3, 0.4) is 0 Å². The van der Waals surface area contributed by atoms with Gasteiger partial charge >= 0.3 is 0 Å². The molecule has 1 N–H and O–H groups in total. The zero-order valence-corrected chi connectivity index (χ0v) is 15.3. The van der Waals surface area contributed by atoms with E-state index in [0.29, 0.717) is 6.42 Å². The van der Waals surface area contributed by atoms with E-state index in [2.05, 4.69) is 52.8 Å². The SMILES string of the molecule is CC(=O)C1CC(C2=CC(C(C)(C)C)C(O)C(C(C)(C)C)=C2)=NO1. The number of aliphatic hydroxyl groups excluding tert-OH is 1. The summed E-state index contributed by atoms with van der Waals surface area (Å²) in [4.78, 5) is 16.8. The van der Waals surface area contributed by atoms with E-state index in [9.17, 15) is 9.90 Å². The standard InChI is InChI=1S/C19H29NO3/c1-11(21)16-10-15(20-23-16)12-8-13(18(2,3)4)17(22)14(9-12)19(5,6)7/h8-9,13,16-17,22H,10H2,1-7H3. The summed E-state index contributed by atoms with van der Waals surface area (Å²) in [5.41, 5.74) is 2.57. The van der Waals surface area contributed by atoms with Gasteiger partial charge in [-0.2, -0.15) is 0 Å². The van der Waals surface area contributed by atoms with Gasteiger partial charge in [-0.1, -0.05) is 58.9 Å². The van der Waals surface area contributed by atoms with Crippen LogP contribution in [0.4, 0.5) is 0 Å². The Kier molecular flexibility index (Phi) is 4.60. The largest absolute Gasteiger partial charge is 0.388 e. The summed E-state index contributed by atoms with van der Waals surface area (Å²) >= 11 is 0. The van der Waals surface area contributed by atoms with E-state index in [0.717, 1.165) is 16.9 Å². The monoisotopic (exact) mass is 319 g/mol. The molecule has 0 saturated heterocycles. The van der Waals surface area contributed by atoms with Crippen molar-refractivity contribution in [3.05, 3.63) is 23.3 Å². The highest BCUT2D eigenvalue weighted by molar-refractivity contribution is 6.06. The van der Waals surface area contributed by atoms with Crippen molar-refractivity contribution in [2.45, 2.75) is 67.1 Å². The molecule has 0 amide bonds. The summed E-state index contributed by atoms with van der Waals surface area (Å²) < 4.78 is 0. The maximum absolute atomic E-state index is 11.5. The predicted molar refractivity (Wildman–Crippen MR) is 92.2 cm³/mol. The number of rotatable bonds is 2. The van der Waals surface area contributed by atoms with E-state index < -0.39 is 12.2 Å². The molecule has 0 radical (unpaired) electrons. The highest BCUT2D eigenvalue weighted by Crippen LogP contribution is 2.43. The minimum absolute atomic E-state index is 0.00389. The van der Waals surface area contributed by atoms with Gasteiger partial charge in [0.25, 0.3) is 0 Å². The molecule has 1 heterocycles. The molecule has 23 heavy (non-hydrogen) atoms. The average Bonchev–Trinajstić information content (AvgIpc) is 2.85. The molecule has 0 aromatic heterocycles. The van der Waals surface area contributed by atoms with Gasteiger partial charge in [0.15, 0.2) is 11.9 Å². The molecule has 4 nitrogen and oxygen atoms in total. The summed E-state index contributed by atoms with van der Waals surface area (Å²) in [5.74, 6) is -0.0107. The first-order valence-electron chi connectivity index (χ1n) is 8.26. The van der Waals surface area contributed by atoms with Gasteiger partial charge in [0.1, 0.15) is 0 Å². The number of carbonyl (C=O) groups is 1. The minimum atomic E-state index is -0.509. The molecular weight excluding hydrogens is 290 g/mol. The molecule has 1 aliphatic carbocycles. The molecule has 0 spiro atoms. The summed E-state index contributed by atoms with van der Waals surface area (Å²) in [7, 11) is 0. The van der Waals surface area contributed by atoms with Crippen LogP contribution in [0.2, 0.25) is 0 Å². The number of hydrogen-bond acceptors (Lipinski definition) is 4. The smallest absolute Gasteiger partial charge is 0.190 e. The molecule has 4 heteroatoms. The van der Waals surface area contributed by atoms with Gasteiger partial charge in [0.05, 0.1) is 11.8 Å². The van der Waals surface area contributed by atoms with E-state index in [1.807, 2.05) is 6.08 Å². The van der Waals surface area contributed by atoms with Gasteiger partial charge in [-0.05, 0) is 28.9 Å². The van der Waals surface area contributed by atoms with Crippen LogP contribution >= 0.6 is 0 Å². The number of hydrogen-bond donors (Lipinski definition) is 1. The van der Waals surface area contributed by atoms with Crippen molar-refractivity contribution >= 4 is 11.5 Å². The normalized spacial score (nSPS) is 28.7. The van der Waals surface area contributed by atoms with Gasteiger partial charge in [0, 0.05) is 12.3 Å². The molecule has 2 aliphatic rings. The second-order valence-corrected chi connectivity index (χ2v) is 8.76. The molecular formula is C19H29NO3. The topological polar surface area (TPSA) is 58.9 Å². The zero-order valence-electron chi connectivity index (χ0n) is 15.3. The molecule has 0 saturated carbocycles. The van der Waals surface area contributed by atoms with E-state index in [1.165, 1.54) is 6.92 Å². The Labute approximate surface area is 139 Å². The molecule has 0 aromatic carbocycles. The molecule has 2 rings (SSSR count). The number of oxime groups is 1. The molecule has 0 fully saturated rings. The maximum atomic E-state index is 11.5. The second-order valence-electron chi connectivity index (χ2n) is 8.76. The van der Waals surface area contributed by atoms with Crippen LogP contribution in [0, 0.1) is 16.7 Å². The van der Waals surface area contributed by atoms with Crippen molar-refractivity contribution in [1.29, 1.82) is 0 Å². The Hall–Kier alpha value is -1.42. The van der Waals surface area contributed by atoms with E-state index in [1.54, 1.807) is 0 Å². The van der Waals surface area contributed by atoms with Crippen molar-refractivity contribution in [1.82, 2.24) is 0 Å². The minimum Gasteiger partial charge on any atom is -0.388 e. The average molecular weight is 319 g/mol. The fourth-order valence-corrected chi connectivity index (χ4v) is 3.11. The van der Waals surface area contributed by atoms with Crippen molar-refractivity contribution in [3.8, 4) is 0 Å². The van der Waals surface area contributed by atoms with Gasteiger partial charge in [-0.3, -0.25) is 4.79 Å². The third-order valence-electron chi connectivity index (χ3n) is 4.65. The molecule has 3 atom stereocenters. The van der Waals surface area contributed by atoms with Crippen LogP contribution in [0.1, 0.15) is 54.9 Å². The Morgan fingerprint density at radius 2 is 1.87 bits per heavy atom. The third kappa shape index (κ3) is 3.74. The van der Waals surface area contributed by atoms with Crippen molar-refractivity contribution in [2.24, 2.45) is 21.9 Å². The van der Waals surface area contributed by atoms with E-state index in [4.69, 9.17) is 4.84 Å². The fourth-order valence-electron chi connectivity index (χ4n) is 3.11. The van der Waals surface area contributed by atoms with Crippen LogP contribution in [0.15, 0.2) is 28.5 Å². The first kappa shape index (κ1) is 17.9. The molecule has 1 aliphatic heterocycles. The Morgan fingerprint density at radius 1 is 1.26 bits per heavy atom. The molecule has 0 aromatic rings. The number of ketones is 1.